The van der Waals surface area contributed by atoms with Crippen molar-refractivity contribution in [3.05, 3.63) is 150 Å². The Morgan fingerprint density at radius 3 is 1.64 bits per heavy atom. The first-order chi connectivity index (χ1) is 28.1. The van der Waals surface area contributed by atoms with Gasteiger partial charge < -0.3 is 37.9 Å². The Bertz CT molecular complexity index is 2400. The van der Waals surface area contributed by atoms with E-state index in [0.29, 0.717) is 51.0 Å². The van der Waals surface area contributed by atoms with E-state index < -0.39 is 35.7 Å². The van der Waals surface area contributed by atoms with E-state index in [4.69, 9.17) is 37.9 Å². The van der Waals surface area contributed by atoms with Crippen LogP contribution in [-0.2, 0) is 9.53 Å². The summed E-state index contributed by atoms with van der Waals surface area (Å²) < 4.78 is 45.8. The number of carbonyl (C=O) groups excluding carboxylic acids is 4. The van der Waals surface area contributed by atoms with E-state index in [1.54, 1.807) is 103 Å². The Labute approximate surface area is 334 Å². The molecule has 5 aromatic rings. The molecule has 58 heavy (non-hydrogen) atoms. The van der Waals surface area contributed by atoms with E-state index in [1.165, 1.54) is 38.5 Å². The van der Waals surface area contributed by atoms with Crippen LogP contribution in [0.4, 0.5) is 0 Å². The first kappa shape index (κ1) is 38.9. The van der Waals surface area contributed by atoms with Crippen LogP contribution in [0.1, 0.15) is 44.9 Å². The molecule has 0 radical (unpaired) electrons. The van der Waals surface area contributed by atoms with Gasteiger partial charge in [0.1, 0.15) is 58.7 Å². The van der Waals surface area contributed by atoms with Gasteiger partial charge in [0.15, 0.2) is 0 Å². The van der Waals surface area contributed by atoms with Crippen molar-refractivity contribution in [1.29, 1.82) is 0 Å². The lowest BCUT2D eigenvalue weighted by molar-refractivity contribution is -0.138. The monoisotopic (exact) mass is 782 g/mol. The summed E-state index contributed by atoms with van der Waals surface area (Å²) in [6, 6.07) is 29.0. The van der Waals surface area contributed by atoms with Crippen LogP contribution in [0.5, 0.6) is 40.2 Å². The van der Waals surface area contributed by atoms with Gasteiger partial charge in [0.05, 0.1) is 48.0 Å². The molecule has 1 aliphatic heterocycles. The largest absolute Gasteiger partial charge is 0.497 e. The molecule has 12 heteroatoms. The van der Waals surface area contributed by atoms with Crippen molar-refractivity contribution in [1.82, 2.24) is 0 Å². The third kappa shape index (κ3) is 8.71. The van der Waals surface area contributed by atoms with Gasteiger partial charge in [-0.05, 0) is 122 Å². The Kier molecular flexibility index (Phi) is 11.5. The normalized spacial score (nSPS) is 16.6. The minimum atomic E-state index is -0.727. The second kappa shape index (κ2) is 17.2. The number of esters is 4. The Hall–Kier alpha value is -7.34. The number of methoxy groups -OCH3 is 2. The Balaban J connectivity index is 1.09. The highest BCUT2D eigenvalue weighted by atomic mass is 16.6. The lowest BCUT2D eigenvalue weighted by atomic mass is 9.89. The molecule has 3 atom stereocenters. The third-order valence-corrected chi connectivity index (χ3v) is 9.34. The van der Waals surface area contributed by atoms with Crippen LogP contribution in [0, 0.1) is 11.8 Å². The summed E-state index contributed by atoms with van der Waals surface area (Å²) in [4.78, 5) is 52.9. The van der Waals surface area contributed by atoms with Crippen molar-refractivity contribution >= 4 is 23.9 Å². The first-order valence-electron chi connectivity index (χ1n) is 18.3. The van der Waals surface area contributed by atoms with Gasteiger partial charge in [0, 0.05) is 0 Å². The number of hydrogen-bond donors (Lipinski definition) is 0. The Morgan fingerprint density at radius 1 is 0.569 bits per heavy atom. The van der Waals surface area contributed by atoms with Gasteiger partial charge in [-0.2, -0.15) is 0 Å². The predicted molar refractivity (Wildman–Crippen MR) is 211 cm³/mol. The van der Waals surface area contributed by atoms with Gasteiger partial charge in [-0.15, -0.1) is 0 Å². The lowest BCUT2D eigenvalue weighted by Crippen LogP contribution is -2.27. The van der Waals surface area contributed by atoms with Gasteiger partial charge in [-0.1, -0.05) is 25.1 Å². The maximum Gasteiger partial charge on any atom is 0.343 e. The molecule has 2 aliphatic rings. The molecule has 5 aromatic carbocycles. The molecule has 0 saturated carbocycles. The summed E-state index contributed by atoms with van der Waals surface area (Å²) in [6.07, 6.45) is 4.49. The van der Waals surface area contributed by atoms with Gasteiger partial charge in [-0.25, -0.2) is 14.4 Å². The van der Waals surface area contributed by atoms with E-state index >= 15 is 0 Å². The minimum absolute atomic E-state index is 0.123. The van der Waals surface area contributed by atoms with Gasteiger partial charge in [0.25, 0.3) is 0 Å². The molecule has 7 rings (SSSR count). The molecule has 1 aliphatic carbocycles. The van der Waals surface area contributed by atoms with Crippen molar-refractivity contribution in [2.45, 2.75) is 20.0 Å². The zero-order valence-electron chi connectivity index (χ0n) is 32.0. The number of carbonyl (C=O) groups is 4. The highest BCUT2D eigenvalue weighted by Crippen LogP contribution is 2.49. The number of allylic oxidation sites excluding steroid dienone is 2. The highest BCUT2D eigenvalue weighted by molar-refractivity contribution is 5.95. The van der Waals surface area contributed by atoms with Crippen LogP contribution in [0.2, 0.25) is 0 Å². The van der Waals surface area contributed by atoms with E-state index in [9.17, 15) is 19.2 Å². The lowest BCUT2D eigenvalue weighted by Gasteiger charge is -2.27. The van der Waals surface area contributed by atoms with Crippen LogP contribution in [0.3, 0.4) is 0 Å². The molecule has 2 unspecified atom stereocenters. The molecular weight excluding hydrogens is 744 g/mol. The zero-order chi connectivity index (χ0) is 40.8. The maximum absolute atomic E-state index is 13.8. The SMILES string of the molecule is COc1ccc(C(=O)OC2=CC(C)C(C(=O)Oc3cccc4c3-c3c(cccc3OC(=O)c3ccc(OC(=O)c5ccc(OC)cc5)cc3)OC[C@H](C)O4)C=C2)cc1. The molecule has 0 saturated heterocycles. The summed E-state index contributed by atoms with van der Waals surface area (Å²) in [5, 5.41) is 0. The van der Waals surface area contributed by atoms with Crippen molar-refractivity contribution < 1.29 is 57.1 Å². The molecule has 0 fully saturated rings. The van der Waals surface area contributed by atoms with Crippen LogP contribution in [0.25, 0.3) is 11.1 Å². The maximum atomic E-state index is 13.8. The van der Waals surface area contributed by atoms with Crippen molar-refractivity contribution in [3.8, 4) is 51.4 Å². The van der Waals surface area contributed by atoms with Crippen molar-refractivity contribution in [2.24, 2.45) is 11.8 Å². The topological polar surface area (TPSA) is 142 Å². The van der Waals surface area contributed by atoms with E-state index in [-0.39, 0.29) is 35.5 Å². The quantitative estimate of drug-likeness (QED) is 0.0991. The number of fused-ring (bicyclic) bond motifs is 3. The fraction of sp³-hybridized carbons (Fsp3) is 0.174. The average Bonchev–Trinajstić information content (AvgIpc) is 3.23. The molecule has 0 bridgehead atoms. The molecular formula is C46H38O12. The zero-order valence-corrected chi connectivity index (χ0v) is 32.0. The molecule has 12 nitrogen and oxygen atoms in total. The standard InChI is InChI=1S/C46H38O12/c1-27-25-35(56-44(48)30-13-19-33(52-4)20-14-30)23-24-36(27)46(50)58-40-10-6-8-38-42(40)41-37(53-26-28(2)54-38)7-5-9-39(41)57-45(49)31-15-21-34(22-16-31)55-43(47)29-11-17-32(51-3)18-12-29/h5-25,27-28,36H,26H2,1-4H3/t27?,28-,36?/m0/s1. The smallest absolute Gasteiger partial charge is 0.343 e. The summed E-state index contributed by atoms with van der Waals surface area (Å²) in [5.74, 6) is -0.763. The molecule has 0 amide bonds. The molecule has 294 valence electrons. The molecule has 0 spiro atoms. The van der Waals surface area contributed by atoms with Crippen molar-refractivity contribution in [2.75, 3.05) is 20.8 Å². The predicted octanol–water partition coefficient (Wildman–Crippen LogP) is 8.44. The third-order valence-electron chi connectivity index (χ3n) is 9.34. The summed E-state index contributed by atoms with van der Waals surface area (Å²) in [6.45, 7) is 3.84. The number of benzene rings is 5. The summed E-state index contributed by atoms with van der Waals surface area (Å²) >= 11 is 0. The molecule has 0 aromatic heterocycles. The summed E-state index contributed by atoms with van der Waals surface area (Å²) in [5.41, 5.74) is 1.54. The van der Waals surface area contributed by atoms with Crippen LogP contribution in [-0.4, -0.2) is 50.8 Å². The van der Waals surface area contributed by atoms with Gasteiger partial charge >= 0.3 is 23.9 Å². The van der Waals surface area contributed by atoms with Crippen molar-refractivity contribution in [3.63, 3.8) is 0 Å². The average molecular weight is 783 g/mol. The van der Waals surface area contributed by atoms with Crippen LogP contribution in [0.15, 0.2) is 133 Å². The van der Waals surface area contributed by atoms with Gasteiger partial charge in [-0.3, -0.25) is 4.79 Å². The number of hydrogen-bond acceptors (Lipinski definition) is 12. The number of ether oxygens (including phenoxy) is 8. The fourth-order valence-corrected chi connectivity index (χ4v) is 6.30. The highest BCUT2D eigenvalue weighted by Gasteiger charge is 2.31. The summed E-state index contributed by atoms with van der Waals surface area (Å²) in [7, 11) is 3.07. The second-order valence-electron chi connectivity index (χ2n) is 13.4. The number of rotatable bonds is 10. The molecule has 1 heterocycles. The van der Waals surface area contributed by atoms with E-state index in [2.05, 4.69) is 0 Å². The van der Waals surface area contributed by atoms with Gasteiger partial charge in [0.2, 0.25) is 0 Å². The molecule has 0 N–H and O–H groups in total. The Morgan fingerprint density at radius 2 is 1.07 bits per heavy atom. The van der Waals surface area contributed by atoms with E-state index in [0.717, 1.165) is 0 Å². The van der Waals surface area contributed by atoms with Crippen LogP contribution < -0.4 is 33.2 Å². The van der Waals surface area contributed by atoms with Crippen LogP contribution >= 0.6 is 0 Å². The minimum Gasteiger partial charge on any atom is -0.497 e. The second-order valence-corrected chi connectivity index (χ2v) is 13.4. The van der Waals surface area contributed by atoms with E-state index in [1.807, 2.05) is 13.8 Å². The first-order valence-corrected chi connectivity index (χ1v) is 18.3. The fourth-order valence-electron chi connectivity index (χ4n) is 6.30.